The normalized spacial score (nSPS) is 10.7. The number of H-pyrrole nitrogens is 2. The molecule has 15 heavy (non-hydrogen) atoms. The van der Waals surface area contributed by atoms with Crippen molar-refractivity contribution in [3.8, 4) is 5.75 Å². The van der Waals surface area contributed by atoms with Gasteiger partial charge in [0.25, 0.3) is 0 Å². The van der Waals surface area contributed by atoms with Crippen molar-refractivity contribution in [2.75, 3.05) is 6.61 Å². The molecule has 0 aliphatic heterocycles. The number of imidazole rings is 1. The lowest BCUT2D eigenvalue weighted by atomic mass is 10.3. The Kier molecular flexibility index (Phi) is 2.76. The summed E-state index contributed by atoms with van der Waals surface area (Å²) in [4.78, 5) is 16.4. The quantitative estimate of drug-likeness (QED) is 0.752. The SMILES string of the molecule is CCCCOc1ccc2[nH]c(=O)[nH]c2c1. The third-order valence-corrected chi connectivity index (χ3v) is 2.25. The highest BCUT2D eigenvalue weighted by atomic mass is 16.5. The first-order valence-corrected chi connectivity index (χ1v) is 5.14. The molecule has 0 fully saturated rings. The van der Waals surface area contributed by atoms with Gasteiger partial charge in [-0.25, -0.2) is 4.79 Å². The maximum Gasteiger partial charge on any atom is 0.323 e. The predicted octanol–water partition coefficient (Wildman–Crippen LogP) is 2.04. The monoisotopic (exact) mass is 206 g/mol. The molecule has 2 rings (SSSR count). The largest absolute Gasteiger partial charge is 0.494 e. The van der Waals surface area contributed by atoms with Crippen molar-refractivity contribution < 1.29 is 4.74 Å². The van der Waals surface area contributed by atoms with E-state index in [1.54, 1.807) is 0 Å². The zero-order valence-corrected chi connectivity index (χ0v) is 8.67. The second kappa shape index (κ2) is 4.21. The van der Waals surface area contributed by atoms with Gasteiger partial charge in [0.15, 0.2) is 0 Å². The van der Waals surface area contributed by atoms with Crippen molar-refractivity contribution in [3.05, 3.63) is 28.7 Å². The number of aromatic amines is 2. The summed E-state index contributed by atoms with van der Waals surface area (Å²) in [6, 6.07) is 5.54. The van der Waals surface area contributed by atoms with E-state index in [4.69, 9.17) is 4.74 Å². The van der Waals surface area contributed by atoms with E-state index < -0.39 is 0 Å². The molecule has 80 valence electrons. The van der Waals surface area contributed by atoms with Crippen molar-refractivity contribution in [1.82, 2.24) is 9.97 Å². The molecular formula is C11H14N2O2. The predicted molar refractivity (Wildman–Crippen MR) is 59.3 cm³/mol. The molecular weight excluding hydrogens is 192 g/mol. The summed E-state index contributed by atoms with van der Waals surface area (Å²) in [5, 5.41) is 0. The summed E-state index contributed by atoms with van der Waals surface area (Å²) in [7, 11) is 0. The van der Waals surface area contributed by atoms with Crippen LogP contribution in [0.3, 0.4) is 0 Å². The fourth-order valence-electron chi connectivity index (χ4n) is 1.44. The van der Waals surface area contributed by atoms with Gasteiger partial charge in [-0.2, -0.15) is 0 Å². The lowest BCUT2D eigenvalue weighted by Gasteiger charge is -2.04. The second-order valence-corrected chi connectivity index (χ2v) is 3.49. The zero-order valence-electron chi connectivity index (χ0n) is 8.67. The first-order chi connectivity index (χ1) is 7.29. The first kappa shape index (κ1) is 9.83. The Balaban J connectivity index is 2.19. The number of ether oxygens (including phenoxy) is 1. The Morgan fingerprint density at radius 1 is 1.27 bits per heavy atom. The summed E-state index contributed by atoms with van der Waals surface area (Å²) in [6.45, 7) is 2.84. The van der Waals surface area contributed by atoms with E-state index in [1.807, 2.05) is 18.2 Å². The molecule has 0 amide bonds. The van der Waals surface area contributed by atoms with Crippen molar-refractivity contribution in [2.45, 2.75) is 19.8 Å². The number of hydrogen-bond donors (Lipinski definition) is 2. The van der Waals surface area contributed by atoms with Gasteiger partial charge in [-0.3, -0.25) is 0 Å². The van der Waals surface area contributed by atoms with E-state index in [0.717, 1.165) is 36.2 Å². The number of benzene rings is 1. The summed E-state index contributed by atoms with van der Waals surface area (Å²) in [5.41, 5.74) is 1.41. The smallest absolute Gasteiger partial charge is 0.323 e. The maximum atomic E-state index is 11.0. The Hall–Kier alpha value is -1.71. The second-order valence-electron chi connectivity index (χ2n) is 3.49. The van der Waals surface area contributed by atoms with Gasteiger partial charge in [0, 0.05) is 6.07 Å². The van der Waals surface area contributed by atoms with Crippen molar-refractivity contribution >= 4 is 11.0 Å². The molecule has 0 atom stereocenters. The van der Waals surface area contributed by atoms with Crippen LogP contribution in [0.1, 0.15) is 19.8 Å². The number of aromatic nitrogens is 2. The minimum absolute atomic E-state index is 0.185. The summed E-state index contributed by atoms with van der Waals surface area (Å²) in [6.07, 6.45) is 2.16. The number of fused-ring (bicyclic) bond motifs is 1. The Labute approximate surface area is 87.3 Å². The van der Waals surface area contributed by atoms with E-state index in [-0.39, 0.29) is 5.69 Å². The molecule has 1 aromatic carbocycles. The number of unbranched alkanes of at least 4 members (excludes halogenated alkanes) is 1. The van der Waals surface area contributed by atoms with E-state index >= 15 is 0 Å². The van der Waals surface area contributed by atoms with Crippen LogP contribution < -0.4 is 10.4 Å². The lowest BCUT2D eigenvalue weighted by molar-refractivity contribution is 0.310. The molecule has 0 radical (unpaired) electrons. The molecule has 0 unspecified atom stereocenters. The highest BCUT2D eigenvalue weighted by molar-refractivity contribution is 5.75. The number of nitrogens with one attached hydrogen (secondary N) is 2. The molecule has 4 heteroatoms. The van der Waals surface area contributed by atoms with Crippen LogP contribution in [-0.4, -0.2) is 16.6 Å². The fourth-order valence-corrected chi connectivity index (χ4v) is 1.44. The van der Waals surface area contributed by atoms with E-state index in [1.165, 1.54) is 0 Å². The average molecular weight is 206 g/mol. The van der Waals surface area contributed by atoms with Gasteiger partial charge < -0.3 is 14.7 Å². The number of hydrogen-bond acceptors (Lipinski definition) is 2. The molecule has 0 saturated heterocycles. The number of rotatable bonds is 4. The van der Waals surface area contributed by atoms with Crippen LogP contribution in [0.25, 0.3) is 11.0 Å². The third kappa shape index (κ3) is 2.21. The van der Waals surface area contributed by atoms with Gasteiger partial charge >= 0.3 is 5.69 Å². The first-order valence-electron chi connectivity index (χ1n) is 5.14. The van der Waals surface area contributed by atoms with Crippen molar-refractivity contribution in [2.24, 2.45) is 0 Å². The highest BCUT2D eigenvalue weighted by Gasteiger charge is 1.99. The molecule has 1 aromatic heterocycles. The van der Waals surface area contributed by atoms with Gasteiger partial charge in [-0.1, -0.05) is 13.3 Å². The molecule has 2 N–H and O–H groups in total. The Bertz CT molecular complexity index is 499. The summed E-state index contributed by atoms with van der Waals surface area (Å²) < 4.78 is 5.53. The van der Waals surface area contributed by atoms with Crippen LogP contribution in [0.15, 0.2) is 23.0 Å². The molecule has 0 aliphatic carbocycles. The zero-order chi connectivity index (χ0) is 10.7. The standard InChI is InChI=1S/C11H14N2O2/c1-2-3-6-15-8-4-5-9-10(7-8)13-11(14)12-9/h4-5,7H,2-3,6H2,1H3,(H2,12,13,14). The third-order valence-electron chi connectivity index (χ3n) is 2.25. The molecule has 2 aromatic rings. The van der Waals surface area contributed by atoms with Crippen LogP contribution in [0, 0.1) is 0 Å². The van der Waals surface area contributed by atoms with Gasteiger partial charge in [-0.05, 0) is 18.6 Å². The van der Waals surface area contributed by atoms with E-state index in [9.17, 15) is 4.79 Å². The van der Waals surface area contributed by atoms with E-state index in [0.29, 0.717) is 0 Å². The summed E-state index contributed by atoms with van der Waals surface area (Å²) >= 11 is 0. The van der Waals surface area contributed by atoms with Crippen LogP contribution in [0.4, 0.5) is 0 Å². The van der Waals surface area contributed by atoms with Crippen LogP contribution in [-0.2, 0) is 0 Å². The van der Waals surface area contributed by atoms with Crippen LogP contribution in [0.2, 0.25) is 0 Å². The van der Waals surface area contributed by atoms with Gasteiger partial charge in [0.1, 0.15) is 5.75 Å². The van der Waals surface area contributed by atoms with Crippen molar-refractivity contribution in [3.63, 3.8) is 0 Å². The maximum absolute atomic E-state index is 11.0. The molecule has 0 spiro atoms. The molecule has 0 aliphatic rings. The topological polar surface area (TPSA) is 57.9 Å². The van der Waals surface area contributed by atoms with E-state index in [2.05, 4.69) is 16.9 Å². The lowest BCUT2D eigenvalue weighted by Crippen LogP contribution is -1.99. The molecule has 0 saturated carbocycles. The average Bonchev–Trinajstić information content (AvgIpc) is 2.57. The van der Waals surface area contributed by atoms with Gasteiger partial charge in [0.05, 0.1) is 17.6 Å². The molecule has 1 heterocycles. The molecule has 4 nitrogen and oxygen atoms in total. The summed E-state index contributed by atoms with van der Waals surface area (Å²) in [5.74, 6) is 0.797. The fraction of sp³-hybridized carbons (Fsp3) is 0.364. The Morgan fingerprint density at radius 3 is 2.87 bits per heavy atom. The molecule has 0 bridgehead atoms. The minimum atomic E-state index is -0.185. The Morgan fingerprint density at radius 2 is 2.07 bits per heavy atom. The minimum Gasteiger partial charge on any atom is -0.494 e. The van der Waals surface area contributed by atoms with Gasteiger partial charge in [-0.15, -0.1) is 0 Å². The van der Waals surface area contributed by atoms with Crippen LogP contribution in [0.5, 0.6) is 5.75 Å². The highest BCUT2D eigenvalue weighted by Crippen LogP contribution is 2.16. The van der Waals surface area contributed by atoms with Crippen LogP contribution >= 0.6 is 0 Å². The van der Waals surface area contributed by atoms with Crippen molar-refractivity contribution in [1.29, 1.82) is 0 Å². The van der Waals surface area contributed by atoms with Gasteiger partial charge in [0.2, 0.25) is 0 Å².